The van der Waals surface area contributed by atoms with E-state index in [4.69, 9.17) is 14.6 Å². The Morgan fingerprint density at radius 1 is 0.971 bits per heavy atom. The highest BCUT2D eigenvalue weighted by atomic mass is 16.5. The van der Waals surface area contributed by atoms with Crippen LogP contribution in [0.1, 0.15) is 46.9 Å². The van der Waals surface area contributed by atoms with Gasteiger partial charge in [0, 0.05) is 12.1 Å². The van der Waals surface area contributed by atoms with Crippen LogP contribution in [-0.2, 0) is 0 Å². The molecule has 2 aromatic carbocycles. The maximum atomic E-state index is 13.5. The van der Waals surface area contributed by atoms with Crippen LogP contribution < -0.4 is 9.47 Å². The highest BCUT2D eigenvalue weighted by Crippen LogP contribution is 2.45. The topological polar surface area (TPSA) is 64.0 Å². The molecule has 1 saturated carbocycles. The summed E-state index contributed by atoms with van der Waals surface area (Å²) in [5, 5.41) is 6.57. The number of pyridine rings is 1. The number of aromatic nitrogens is 1. The molecule has 0 spiro atoms. The van der Waals surface area contributed by atoms with Crippen molar-refractivity contribution in [3.05, 3.63) is 95.3 Å². The molecule has 34 heavy (non-hydrogen) atoms. The second-order valence-electron chi connectivity index (χ2n) is 8.51. The Morgan fingerprint density at radius 2 is 1.68 bits per heavy atom. The van der Waals surface area contributed by atoms with Crippen molar-refractivity contribution < 1.29 is 14.3 Å². The Labute approximate surface area is 199 Å². The van der Waals surface area contributed by atoms with Gasteiger partial charge < -0.3 is 9.47 Å². The number of allylic oxidation sites excluding steroid dienone is 1. The van der Waals surface area contributed by atoms with E-state index in [9.17, 15) is 4.79 Å². The van der Waals surface area contributed by atoms with Gasteiger partial charge in [-0.3, -0.25) is 9.78 Å². The molecular formula is C28H27N3O3. The van der Waals surface area contributed by atoms with E-state index < -0.39 is 0 Å². The minimum atomic E-state index is -0.188. The van der Waals surface area contributed by atoms with Crippen molar-refractivity contribution in [2.24, 2.45) is 11.0 Å². The van der Waals surface area contributed by atoms with Crippen LogP contribution in [-0.4, -0.2) is 35.8 Å². The molecule has 1 aliphatic carbocycles. The molecule has 5 rings (SSSR count). The summed E-state index contributed by atoms with van der Waals surface area (Å²) in [5.41, 5.74) is 4.70. The second-order valence-corrected chi connectivity index (χ2v) is 8.51. The summed E-state index contributed by atoms with van der Waals surface area (Å²) in [6.07, 6.45) is 6.78. The molecule has 1 fully saturated rings. The smallest absolute Gasteiger partial charge is 0.293 e. The molecule has 0 bridgehead atoms. The van der Waals surface area contributed by atoms with Gasteiger partial charge in [0.1, 0.15) is 17.2 Å². The first-order chi connectivity index (χ1) is 16.7. The first-order valence-corrected chi connectivity index (χ1v) is 11.5. The Hall–Kier alpha value is -3.93. The molecule has 0 saturated heterocycles. The number of carbonyl (C=O) groups excluding carboxylic acids is 1. The normalized spacial score (nSPS) is 20.6. The fourth-order valence-electron chi connectivity index (χ4n) is 4.81. The number of hydrogen-bond donors (Lipinski definition) is 0. The standard InChI is InChI=1S/C28H27N3O3/c1-33-22-13-9-19(10-14-22)18-21-6-5-7-24-26(21)30-31(28(32)25-8-3-4-17-29-25)27(24)20-11-15-23(34-2)16-12-20/h3-4,8-18,24,27H,5-7H2,1-2H3/b21-18+/t24-,27-/m0/s1. The summed E-state index contributed by atoms with van der Waals surface area (Å²) in [5.74, 6) is 1.55. The predicted octanol–water partition coefficient (Wildman–Crippen LogP) is 5.54. The molecule has 1 aromatic heterocycles. The third-order valence-corrected chi connectivity index (χ3v) is 6.51. The Bertz CT molecular complexity index is 1220. The summed E-state index contributed by atoms with van der Waals surface area (Å²) in [7, 11) is 3.32. The monoisotopic (exact) mass is 453 g/mol. The average molecular weight is 454 g/mol. The SMILES string of the molecule is COc1ccc(/C=C2\CCC[C@H]3C2=NN(C(=O)c2ccccn2)[C@H]3c2ccc(OC)cc2)cc1. The van der Waals surface area contributed by atoms with E-state index in [0.29, 0.717) is 5.69 Å². The first-order valence-electron chi connectivity index (χ1n) is 11.5. The lowest BCUT2D eigenvalue weighted by molar-refractivity contribution is 0.0675. The van der Waals surface area contributed by atoms with Crippen LogP contribution in [0.5, 0.6) is 11.5 Å². The minimum absolute atomic E-state index is 0.124. The first kappa shape index (κ1) is 21.9. The molecule has 3 aromatic rings. The van der Waals surface area contributed by atoms with Crippen LogP contribution in [0.4, 0.5) is 0 Å². The molecule has 6 nitrogen and oxygen atoms in total. The summed E-state index contributed by atoms with van der Waals surface area (Å²) >= 11 is 0. The number of nitrogens with zero attached hydrogens (tertiary/aromatic N) is 3. The van der Waals surface area contributed by atoms with Crippen LogP contribution in [0.2, 0.25) is 0 Å². The van der Waals surface area contributed by atoms with Crippen LogP contribution >= 0.6 is 0 Å². The lowest BCUT2D eigenvalue weighted by Gasteiger charge is -2.29. The van der Waals surface area contributed by atoms with Crippen molar-refractivity contribution in [2.75, 3.05) is 14.2 Å². The van der Waals surface area contributed by atoms with E-state index in [0.717, 1.165) is 47.6 Å². The number of fused-ring (bicyclic) bond motifs is 1. The molecule has 172 valence electrons. The van der Waals surface area contributed by atoms with E-state index in [1.54, 1.807) is 31.5 Å². The fraction of sp³-hybridized carbons (Fsp3) is 0.250. The third-order valence-electron chi connectivity index (χ3n) is 6.51. The highest BCUT2D eigenvalue weighted by molar-refractivity contribution is 6.09. The van der Waals surface area contributed by atoms with Crippen molar-refractivity contribution in [1.82, 2.24) is 9.99 Å². The van der Waals surface area contributed by atoms with E-state index >= 15 is 0 Å². The van der Waals surface area contributed by atoms with E-state index in [2.05, 4.69) is 11.1 Å². The highest BCUT2D eigenvalue weighted by Gasteiger charge is 2.44. The van der Waals surface area contributed by atoms with Gasteiger partial charge in [-0.15, -0.1) is 0 Å². The van der Waals surface area contributed by atoms with Gasteiger partial charge in [0.05, 0.1) is 26.0 Å². The van der Waals surface area contributed by atoms with E-state index in [1.807, 2.05) is 60.7 Å². The fourth-order valence-corrected chi connectivity index (χ4v) is 4.81. The number of amides is 1. The summed E-state index contributed by atoms with van der Waals surface area (Å²) in [6, 6.07) is 21.1. The van der Waals surface area contributed by atoms with Crippen LogP contribution in [0, 0.1) is 5.92 Å². The summed E-state index contributed by atoms with van der Waals surface area (Å²) in [6.45, 7) is 0. The molecular weight excluding hydrogens is 426 g/mol. The zero-order valence-corrected chi connectivity index (χ0v) is 19.3. The van der Waals surface area contributed by atoms with Gasteiger partial charge in [0.2, 0.25) is 0 Å². The van der Waals surface area contributed by atoms with Crippen molar-refractivity contribution in [3.8, 4) is 11.5 Å². The van der Waals surface area contributed by atoms with Gasteiger partial charge in [-0.2, -0.15) is 5.10 Å². The summed E-state index contributed by atoms with van der Waals surface area (Å²) < 4.78 is 10.6. The van der Waals surface area contributed by atoms with Crippen molar-refractivity contribution >= 4 is 17.7 Å². The lowest BCUT2D eigenvalue weighted by atomic mass is 9.77. The third kappa shape index (κ3) is 4.19. The van der Waals surface area contributed by atoms with Crippen molar-refractivity contribution in [2.45, 2.75) is 25.3 Å². The molecule has 6 heteroatoms. The van der Waals surface area contributed by atoms with Crippen molar-refractivity contribution in [3.63, 3.8) is 0 Å². The zero-order chi connectivity index (χ0) is 23.5. The molecule has 0 N–H and O–H groups in total. The van der Waals surface area contributed by atoms with Gasteiger partial charge in [-0.25, -0.2) is 5.01 Å². The minimum Gasteiger partial charge on any atom is -0.497 e. The molecule has 0 radical (unpaired) electrons. The predicted molar refractivity (Wildman–Crippen MR) is 132 cm³/mol. The molecule has 2 heterocycles. The van der Waals surface area contributed by atoms with Crippen molar-refractivity contribution in [1.29, 1.82) is 0 Å². The number of methoxy groups -OCH3 is 2. The molecule has 1 amide bonds. The van der Waals surface area contributed by atoms with E-state index in [1.165, 1.54) is 5.57 Å². The van der Waals surface area contributed by atoms with Crippen LogP contribution in [0.25, 0.3) is 6.08 Å². The van der Waals surface area contributed by atoms with Gasteiger partial charge >= 0.3 is 0 Å². The Balaban J connectivity index is 1.55. The van der Waals surface area contributed by atoms with Gasteiger partial charge in [-0.1, -0.05) is 30.3 Å². The Morgan fingerprint density at radius 3 is 2.32 bits per heavy atom. The van der Waals surface area contributed by atoms with Crippen LogP contribution in [0.15, 0.2) is 83.6 Å². The number of carbonyl (C=O) groups is 1. The molecule has 1 aliphatic heterocycles. The number of benzene rings is 2. The quantitative estimate of drug-likeness (QED) is 0.509. The Kier molecular flexibility index (Phi) is 6.12. The van der Waals surface area contributed by atoms with Crippen LogP contribution in [0.3, 0.4) is 0 Å². The number of hydrogen-bond acceptors (Lipinski definition) is 5. The number of rotatable bonds is 5. The number of ether oxygens (including phenoxy) is 2. The molecule has 2 aliphatic rings. The number of hydrazone groups is 1. The molecule has 0 unspecified atom stereocenters. The largest absolute Gasteiger partial charge is 0.497 e. The molecule has 2 atom stereocenters. The van der Waals surface area contributed by atoms with E-state index in [-0.39, 0.29) is 17.9 Å². The summed E-state index contributed by atoms with van der Waals surface area (Å²) in [4.78, 5) is 17.8. The lowest BCUT2D eigenvalue weighted by Crippen LogP contribution is -2.32. The van der Waals surface area contributed by atoms with Gasteiger partial charge in [0.25, 0.3) is 5.91 Å². The van der Waals surface area contributed by atoms with Gasteiger partial charge in [0.15, 0.2) is 0 Å². The second kappa shape index (κ2) is 9.51. The van der Waals surface area contributed by atoms with Gasteiger partial charge in [-0.05, 0) is 78.4 Å². The average Bonchev–Trinajstić information content (AvgIpc) is 3.30. The zero-order valence-electron chi connectivity index (χ0n) is 19.3. The maximum absolute atomic E-state index is 13.5. The maximum Gasteiger partial charge on any atom is 0.293 e.